The highest BCUT2D eigenvalue weighted by Gasteiger charge is 2.22. The van der Waals surface area contributed by atoms with Crippen molar-refractivity contribution in [3.63, 3.8) is 0 Å². The highest BCUT2D eigenvalue weighted by Crippen LogP contribution is 2.24. The fourth-order valence-electron chi connectivity index (χ4n) is 2.54. The molecule has 1 aromatic heterocycles. The lowest BCUT2D eigenvalue weighted by Gasteiger charge is -2.25. The Bertz CT molecular complexity index is 878. The van der Waals surface area contributed by atoms with Crippen LogP contribution in [0.15, 0.2) is 77.4 Å². The van der Waals surface area contributed by atoms with Gasteiger partial charge >= 0.3 is 0 Å². The van der Waals surface area contributed by atoms with Crippen LogP contribution < -0.4 is 9.64 Å². The average molecular weight is 366 g/mol. The molecule has 2 amide bonds. The van der Waals surface area contributed by atoms with Gasteiger partial charge in [-0.1, -0.05) is 36.4 Å². The van der Waals surface area contributed by atoms with Gasteiger partial charge in [0.1, 0.15) is 11.0 Å². The molecule has 0 aliphatic carbocycles. The number of amides is 2. The first-order valence-corrected chi connectivity index (χ1v) is 8.42. The maximum absolute atomic E-state index is 12.6. The summed E-state index contributed by atoms with van der Waals surface area (Å²) in [4.78, 5) is 25.5. The van der Waals surface area contributed by atoms with Gasteiger partial charge in [-0.2, -0.15) is 0 Å². The van der Waals surface area contributed by atoms with E-state index in [1.807, 2.05) is 42.5 Å². The van der Waals surface area contributed by atoms with Crippen molar-refractivity contribution in [2.24, 2.45) is 0 Å². The van der Waals surface area contributed by atoms with Crippen molar-refractivity contribution in [2.45, 2.75) is 6.42 Å². The molecule has 0 bridgehead atoms. The number of carbonyl (C=O) groups excluding carboxylic acids is 2. The standard InChI is InChI=1S/C20H17NO4S/c22-19(18-11-6-13-25-18)21(20(23)26)17-10-5-4-7-15(17)12-14-24-16-8-2-1-3-9-16/h1-11,13H,12,14H2,(H,23,26)/p-1. The quantitative estimate of drug-likeness (QED) is 0.612. The van der Waals surface area contributed by atoms with E-state index in [-0.39, 0.29) is 5.76 Å². The summed E-state index contributed by atoms with van der Waals surface area (Å²) >= 11 is 4.77. The van der Waals surface area contributed by atoms with Gasteiger partial charge < -0.3 is 26.6 Å². The van der Waals surface area contributed by atoms with Gasteiger partial charge in [0.25, 0.3) is 5.91 Å². The number of ether oxygens (including phenoxy) is 1. The number of carbonyl (C=O) groups is 2. The Morgan fingerprint density at radius 1 is 0.962 bits per heavy atom. The molecule has 0 saturated heterocycles. The largest absolute Gasteiger partial charge is 0.718 e. The second-order valence-electron chi connectivity index (χ2n) is 5.42. The number of anilines is 1. The summed E-state index contributed by atoms with van der Waals surface area (Å²) < 4.78 is 10.8. The molecule has 3 rings (SSSR count). The van der Waals surface area contributed by atoms with Crippen molar-refractivity contribution in [3.05, 3.63) is 84.3 Å². The van der Waals surface area contributed by atoms with Crippen LogP contribution in [-0.2, 0) is 19.0 Å². The zero-order chi connectivity index (χ0) is 18.4. The number of rotatable bonds is 6. The van der Waals surface area contributed by atoms with Gasteiger partial charge in [-0.25, -0.2) is 0 Å². The van der Waals surface area contributed by atoms with Crippen LogP contribution in [0.4, 0.5) is 10.5 Å². The lowest BCUT2D eigenvalue weighted by atomic mass is 10.1. The molecule has 0 atom stereocenters. The van der Waals surface area contributed by atoms with Crippen LogP contribution >= 0.6 is 0 Å². The highest BCUT2D eigenvalue weighted by molar-refractivity contribution is 7.77. The van der Waals surface area contributed by atoms with E-state index >= 15 is 0 Å². The van der Waals surface area contributed by atoms with Gasteiger partial charge in [0, 0.05) is 6.42 Å². The molecule has 0 fully saturated rings. The third-order valence-electron chi connectivity index (χ3n) is 3.73. The Morgan fingerprint density at radius 2 is 1.69 bits per heavy atom. The van der Waals surface area contributed by atoms with Crippen molar-refractivity contribution in [2.75, 3.05) is 11.5 Å². The molecular weight excluding hydrogens is 350 g/mol. The van der Waals surface area contributed by atoms with E-state index in [0.29, 0.717) is 18.7 Å². The van der Waals surface area contributed by atoms with Crippen molar-refractivity contribution in [3.8, 4) is 5.75 Å². The fraction of sp³-hybridized carbons (Fsp3) is 0.100. The van der Waals surface area contributed by atoms with Crippen LogP contribution in [0.5, 0.6) is 5.75 Å². The topological polar surface area (TPSA) is 59.8 Å². The van der Waals surface area contributed by atoms with Crippen LogP contribution in [0.2, 0.25) is 0 Å². The second kappa shape index (κ2) is 8.31. The summed E-state index contributed by atoms with van der Waals surface area (Å²) in [5.41, 5.74) is 1.21. The summed E-state index contributed by atoms with van der Waals surface area (Å²) in [5.74, 6) is 0.220. The van der Waals surface area contributed by atoms with Crippen LogP contribution in [0.1, 0.15) is 16.1 Å². The molecule has 26 heavy (non-hydrogen) atoms. The Kier molecular flexibility index (Phi) is 5.66. The summed E-state index contributed by atoms with van der Waals surface area (Å²) in [6.45, 7) is 0.398. The molecule has 0 unspecified atom stereocenters. The Labute approximate surface area is 156 Å². The third-order valence-corrected chi connectivity index (χ3v) is 3.92. The Balaban J connectivity index is 1.80. The Morgan fingerprint density at radius 3 is 2.38 bits per heavy atom. The van der Waals surface area contributed by atoms with Gasteiger partial charge in [-0.05, 0) is 35.9 Å². The van der Waals surface area contributed by atoms with Crippen LogP contribution in [0, 0.1) is 0 Å². The monoisotopic (exact) mass is 366 g/mol. The van der Waals surface area contributed by atoms with Crippen molar-refractivity contribution < 1.29 is 18.7 Å². The van der Waals surface area contributed by atoms with Gasteiger partial charge in [0.05, 0.1) is 18.6 Å². The van der Waals surface area contributed by atoms with Crippen LogP contribution in [0.3, 0.4) is 0 Å². The third kappa shape index (κ3) is 4.10. The lowest BCUT2D eigenvalue weighted by Crippen LogP contribution is -2.35. The minimum absolute atomic E-state index is 0.0542. The molecule has 0 radical (unpaired) electrons. The second-order valence-corrected chi connectivity index (χ2v) is 5.77. The predicted molar refractivity (Wildman–Crippen MR) is 100 cm³/mol. The Hall–Kier alpha value is -3.12. The number of para-hydroxylation sites is 2. The van der Waals surface area contributed by atoms with Crippen LogP contribution in [0.25, 0.3) is 0 Å². The molecule has 132 valence electrons. The summed E-state index contributed by atoms with van der Waals surface area (Å²) in [6, 6.07) is 19.6. The normalized spacial score (nSPS) is 10.3. The van der Waals surface area contributed by atoms with Crippen molar-refractivity contribution in [1.29, 1.82) is 0 Å². The molecule has 0 N–H and O–H groups in total. The van der Waals surface area contributed by atoms with E-state index in [4.69, 9.17) is 21.8 Å². The number of furan rings is 1. The first-order chi connectivity index (χ1) is 12.7. The zero-order valence-corrected chi connectivity index (χ0v) is 14.6. The van der Waals surface area contributed by atoms with Gasteiger partial charge in [-0.15, -0.1) is 0 Å². The van der Waals surface area contributed by atoms with Gasteiger partial charge in [-0.3, -0.25) is 9.69 Å². The molecule has 6 heteroatoms. The number of benzene rings is 2. The van der Waals surface area contributed by atoms with E-state index in [1.165, 1.54) is 12.3 Å². The SMILES string of the molecule is O=C([S-])N(C(=O)c1ccco1)c1ccccc1CCOc1ccccc1. The molecular formula is C20H16NO4S-. The molecule has 0 aliphatic heterocycles. The fourth-order valence-corrected chi connectivity index (χ4v) is 2.72. The first-order valence-electron chi connectivity index (χ1n) is 8.01. The van der Waals surface area contributed by atoms with Gasteiger partial charge in [0.15, 0.2) is 5.76 Å². The molecule has 0 spiro atoms. The molecule has 0 aliphatic rings. The smallest absolute Gasteiger partial charge is 0.299 e. The molecule has 5 nitrogen and oxygen atoms in total. The maximum Gasteiger partial charge on any atom is 0.299 e. The summed E-state index contributed by atoms with van der Waals surface area (Å²) in [5, 5.41) is -0.789. The van der Waals surface area contributed by atoms with E-state index in [0.717, 1.165) is 16.2 Å². The highest BCUT2D eigenvalue weighted by atomic mass is 32.1. The molecule has 2 aromatic carbocycles. The van der Waals surface area contributed by atoms with E-state index in [9.17, 15) is 9.59 Å². The average Bonchev–Trinajstić information content (AvgIpc) is 3.18. The van der Waals surface area contributed by atoms with Crippen LogP contribution in [-0.4, -0.2) is 17.8 Å². The van der Waals surface area contributed by atoms with Gasteiger partial charge in [0.2, 0.25) is 0 Å². The number of hydrogen-bond acceptors (Lipinski definition) is 5. The summed E-state index contributed by atoms with van der Waals surface area (Å²) in [7, 11) is 0. The summed E-state index contributed by atoms with van der Waals surface area (Å²) in [6.07, 6.45) is 1.88. The van der Waals surface area contributed by atoms with Crippen molar-refractivity contribution in [1.82, 2.24) is 0 Å². The number of hydrogen-bond donors (Lipinski definition) is 0. The maximum atomic E-state index is 12.6. The minimum Gasteiger partial charge on any atom is -0.718 e. The predicted octanol–water partition coefficient (Wildman–Crippen LogP) is 4.21. The van der Waals surface area contributed by atoms with E-state index < -0.39 is 11.1 Å². The molecule has 0 saturated carbocycles. The molecule has 3 aromatic rings. The lowest BCUT2D eigenvalue weighted by molar-refractivity contribution is 0.0971. The molecule has 1 heterocycles. The number of nitrogens with zero attached hydrogens (tertiary/aromatic N) is 1. The first kappa shape index (κ1) is 17.7. The minimum atomic E-state index is -0.789. The zero-order valence-electron chi connectivity index (χ0n) is 13.8. The van der Waals surface area contributed by atoms with Crippen molar-refractivity contribution >= 4 is 29.5 Å². The van der Waals surface area contributed by atoms with E-state index in [1.54, 1.807) is 18.2 Å². The van der Waals surface area contributed by atoms with E-state index in [2.05, 4.69) is 0 Å². The number of imide groups is 1.